The van der Waals surface area contributed by atoms with Crippen LogP contribution in [0, 0.1) is 20.8 Å². The van der Waals surface area contributed by atoms with E-state index in [1.807, 2.05) is 45.0 Å². The number of ether oxygens (including phenoxy) is 1. The first-order valence-electron chi connectivity index (χ1n) is 11.6. The summed E-state index contributed by atoms with van der Waals surface area (Å²) in [5.41, 5.74) is 2.78. The summed E-state index contributed by atoms with van der Waals surface area (Å²) in [5, 5.41) is 4.41. The number of ketones is 1. The Balaban J connectivity index is 1.92. The Morgan fingerprint density at radius 1 is 1.11 bits per heavy atom. The first kappa shape index (κ1) is 27.0. The second-order valence-corrected chi connectivity index (χ2v) is 11.8. The molecule has 0 bridgehead atoms. The number of carbonyl (C=O) groups is 2. The average molecular weight is 601 g/mol. The van der Waals surface area contributed by atoms with E-state index in [9.17, 15) is 14.4 Å². The molecule has 3 heterocycles. The van der Waals surface area contributed by atoms with Gasteiger partial charge in [-0.25, -0.2) is 4.79 Å². The molecule has 192 valence electrons. The third-order valence-electron chi connectivity index (χ3n) is 5.82. The molecular formula is C27H26BrN3O4S2. The van der Waals surface area contributed by atoms with Crippen LogP contribution >= 0.6 is 38.6 Å². The summed E-state index contributed by atoms with van der Waals surface area (Å²) in [7, 11) is 1.70. The fraction of sp³-hybridized carbons (Fsp3) is 0.259. The van der Waals surface area contributed by atoms with E-state index in [0.717, 1.165) is 25.4 Å². The zero-order valence-corrected chi connectivity index (χ0v) is 24.3. The first-order valence-corrected chi connectivity index (χ1v) is 14.0. The molecule has 10 heteroatoms. The third-order valence-corrected chi connectivity index (χ3v) is 9.20. The Kier molecular flexibility index (Phi) is 8.11. The summed E-state index contributed by atoms with van der Waals surface area (Å²) in [6.45, 7) is 7.88. The third kappa shape index (κ3) is 5.61. The number of hydrogen-bond donors (Lipinski definition) is 0. The molecule has 4 aromatic rings. The molecular weight excluding hydrogens is 574 g/mol. The Labute approximate surface area is 230 Å². The van der Waals surface area contributed by atoms with Crippen molar-refractivity contribution in [3.63, 3.8) is 0 Å². The number of rotatable bonds is 7. The van der Waals surface area contributed by atoms with E-state index < -0.39 is 5.97 Å². The van der Waals surface area contributed by atoms with Gasteiger partial charge in [-0.1, -0.05) is 24.3 Å². The van der Waals surface area contributed by atoms with Crippen molar-refractivity contribution in [1.29, 1.82) is 0 Å². The summed E-state index contributed by atoms with van der Waals surface area (Å²) in [6, 6.07) is 7.33. The number of aromatic nitrogens is 3. The number of thiazole rings is 1. The number of thiophene rings is 1. The lowest BCUT2D eigenvalue weighted by molar-refractivity contribution is 0.0524. The molecule has 0 radical (unpaired) electrons. The number of nitrogens with zero attached hydrogens (tertiary/aromatic N) is 3. The predicted octanol–water partition coefficient (Wildman–Crippen LogP) is 4.11. The van der Waals surface area contributed by atoms with Crippen LogP contribution in [0.5, 0.6) is 0 Å². The number of carbonyl (C=O) groups excluding carboxylic acids is 2. The van der Waals surface area contributed by atoms with Crippen LogP contribution in [0.2, 0.25) is 0 Å². The Hall–Kier alpha value is -3.08. The van der Waals surface area contributed by atoms with Crippen molar-refractivity contribution in [2.45, 2.75) is 34.2 Å². The molecule has 0 N–H and O–H groups in total. The van der Waals surface area contributed by atoms with Gasteiger partial charge < -0.3 is 4.74 Å². The van der Waals surface area contributed by atoms with Crippen LogP contribution in [0.15, 0.2) is 39.7 Å². The maximum absolute atomic E-state index is 13.7. The summed E-state index contributed by atoms with van der Waals surface area (Å²) in [4.78, 5) is 41.6. The van der Waals surface area contributed by atoms with Gasteiger partial charge in [0.15, 0.2) is 5.78 Å². The minimum Gasteiger partial charge on any atom is -0.462 e. The van der Waals surface area contributed by atoms with Gasteiger partial charge in [-0.2, -0.15) is 5.10 Å². The number of halogens is 1. The normalized spacial score (nSPS) is 12.4. The first-order chi connectivity index (χ1) is 17.6. The number of aryl methyl sites for hydroxylation is 4. The van der Waals surface area contributed by atoms with E-state index in [1.54, 1.807) is 37.6 Å². The van der Waals surface area contributed by atoms with E-state index >= 15 is 0 Å². The standard InChI is InChI=1S/C27H26BrN3O4S2/c1-6-35-27(34)20-13-30(5)29-21(20)14-31-24(12-22(32)18-10-8-7-9-15(18)2)37-23(26(31)33)11-19-16(3)36-17(4)25(19)28/h7-13H,6,14H2,1-5H3/b23-11-,24-12+. The fourth-order valence-electron chi connectivity index (χ4n) is 3.98. The van der Waals surface area contributed by atoms with Crippen molar-refractivity contribution in [2.75, 3.05) is 6.61 Å². The number of esters is 1. The molecule has 0 amide bonds. The molecule has 0 saturated heterocycles. The molecule has 3 aromatic heterocycles. The topological polar surface area (TPSA) is 83.2 Å². The van der Waals surface area contributed by atoms with Gasteiger partial charge in [0.25, 0.3) is 5.56 Å². The highest BCUT2D eigenvalue weighted by Gasteiger charge is 2.19. The lowest BCUT2D eigenvalue weighted by atomic mass is 10.1. The molecule has 0 aliphatic rings. The van der Waals surface area contributed by atoms with Gasteiger partial charge in [0.05, 0.1) is 23.4 Å². The lowest BCUT2D eigenvalue weighted by Crippen LogP contribution is -2.32. The van der Waals surface area contributed by atoms with E-state index in [2.05, 4.69) is 21.0 Å². The van der Waals surface area contributed by atoms with Gasteiger partial charge in [0, 0.05) is 44.7 Å². The van der Waals surface area contributed by atoms with Gasteiger partial charge in [0.2, 0.25) is 0 Å². The van der Waals surface area contributed by atoms with E-state index in [1.165, 1.54) is 26.7 Å². The molecule has 4 rings (SSSR count). The lowest BCUT2D eigenvalue weighted by Gasteiger charge is -2.04. The highest BCUT2D eigenvalue weighted by atomic mass is 79.9. The van der Waals surface area contributed by atoms with Gasteiger partial charge in [-0.3, -0.25) is 18.8 Å². The van der Waals surface area contributed by atoms with Crippen LogP contribution in [0.3, 0.4) is 0 Å². The van der Waals surface area contributed by atoms with Crippen LogP contribution in [0.4, 0.5) is 0 Å². The number of hydrogen-bond acceptors (Lipinski definition) is 7. The van der Waals surface area contributed by atoms with Crippen molar-refractivity contribution >= 4 is 62.5 Å². The smallest absolute Gasteiger partial charge is 0.341 e. The van der Waals surface area contributed by atoms with Crippen LogP contribution in [0.1, 0.15) is 54.2 Å². The highest BCUT2D eigenvalue weighted by molar-refractivity contribution is 9.10. The molecule has 7 nitrogen and oxygen atoms in total. The van der Waals surface area contributed by atoms with Crippen LogP contribution in [-0.2, 0) is 18.3 Å². The molecule has 0 saturated carbocycles. The SMILES string of the molecule is CCOC(=O)c1cn(C)nc1Cn1c(=O)/c(=C/c2c(C)sc(C)c2Br)s/c1=C/C(=O)c1ccccc1C. The van der Waals surface area contributed by atoms with Gasteiger partial charge in [0.1, 0.15) is 10.2 Å². The number of Topliss-reactive ketones (excluding diaryl/α,β-unsaturated/α-hetero) is 1. The summed E-state index contributed by atoms with van der Waals surface area (Å²) < 4.78 is 10.1. The van der Waals surface area contributed by atoms with Crippen LogP contribution in [0.25, 0.3) is 12.2 Å². The van der Waals surface area contributed by atoms with Gasteiger partial charge in [-0.05, 0) is 55.3 Å². The van der Waals surface area contributed by atoms with Crippen molar-refractivity contribution in [3.8, 4) is 0 Å². The maximum Gasteiger partial charge on any atom is 0.341 e. The summed E-state index contributed by atoms with van der Waals surface area (Å²) in [6.07, 6.45) is 4.92. The van der Waals surface area contributed by atoms with E-state index in [-0.39, 0.29) is 30.1 Å². The second-order valence-electron chi connectivity index (χ2n) is 8.49. The van der Waals surface area contributed by atoms with Gasteiger partial charge >= 0.3 is 5.97 Å². The van der Waals surface area contributed by atoms with E-state index in [4.69, 9.17) is 4.74 Å². The molecule has 0 aliphatic heterocycles. The van der Waals surface area contributed by atoms with Crippen molar-refractivity contribution in [3.05, 3.63) is 92.2 Å². The molecule has 1 aromatic carbocycles. The molecule has 0 spiro atoms. The largest absolute Gasteiger partial charge is 0.462 e. The summed E-state index contributed by atoms with van der Waals surface area (Å²) >= 11 is 6.52. The maximum atomic E-state index is 13.7. The van der Waals surface area contributed by atoms with Crippen LogP contribution < -0.4 is 14.8 Å². The van der Waals surface area contributed by atoms with Crippen molar-refractivity contribution < 1.29 is 14.3 Å². The zero-order chi connectivity index (χ0) is 26.9. The average Bonchev–Trinajstić information content (AvgIpc) is 3.44. The minimum absolute atomic E-state index is 0.0217. The molecule has 0 unspecified atom stereocenters. The van der Waals surface area contributed by atoms with Crippen molar-refractivity contribution in [1.82, 2.24) is 14.3 Å². The zero-order valence-electron chi connectivity index (χ0n) is 21.1. The molecule has 0 atom stereocenters. The minimum atomic E-state index is -0.504. The van der Waals surface area contributed by atoms with E-state index in [0.29, 0.717) is 20.5 Å². The highest BCUT2D eigenvalue weighted by Crippen LogP contribution is 2.32. The quantitative estimate of drug-likeness (QED) is 0.236. The molecule has 37 heavy (non-hydrogen) atoms. The van der Waals surface area contributed by atoms with Crippen molar-refractivity contribution in [2.24, 2.45) is 7.05 Å². The predicted molar refractivity (Wildman–Crippen MR) is 151 cm³/mol. The Morgan fingerprint density at radius 2 is 1.84 bits per heavy atom. The fourth-order valence-corrected chi connectivity index (χ4v) is 6.72. The monoisotopic (exact) mass is 599 g/mol. The number of benzene rings is 1. The van der Waals surface area contributed by atoms with Gasteiger partial charge in [-0.15, -0.1) is 22.7 Å². The summed E-state index contributed by atoms with van der Waals surface area (Å²) in [5.74, 6) is -0.703. The van der Waals surface area contributed by atoms with Crippen LogP contribution in [-0.4, -0.2) is 32.7 Å². The second kappa shape index (κ2) is 11.1. The molecule has 0 aliphatic carbocycles. The molecule has 0 fully saturated rings. The Bertz CT molecular complexity index is 1690. The Morgan fingerprint density at radius 3 is 2.49 bits per heavy atom.